The van der Waals surface area contributed by atoms with Crippen molar-refractivity contribution >= 4 is 22.9 Å². The summed E-state index contributed by atoms with van der Waals surface area (Å²) in [4.78, 5) is 12.0. The Morgan fingerprint density at radius 1 is 1.33 bits per heavy atom. The van der Waals surface area contributed by atoms with Gasteiger partial charge < -0.3 is 4.57 Å². The van der Waals surface area contributed by atoms with Crippen LogP contribution in [0.3, 0.4) is 0 Å². The molecule has 2 unspecified atom stereocenters. The van der Waals surface area contributed by atoms with Gasteiger partial charge in [-0.1, -0.05) is 0 Å². The molecule has 2 aliphatic heterocycles. The molecule has 2 aromatic heterocycles. The largest absolute Gasteiger partial charge is 0.310 e. The molecule has 21 heavy (non-hydrogen) atoms. The summed E-state index contributed by atoms with van der Waals surface area (Å²) in [6, 6.07) is 4.55. The number of pyridine rings is 1. The molecule has 0 aliphatic carbocycles. The van der Waals surface area contributed by atoms with Gasteiger partial charge in [0, 0.05) is 18.0 Å². The standard InChI is InChI=1S/C16H22N4S/c1-19-9-3-7-14(19)16-18-13-6-2-8-17-15(13)20(16)11-12-5-4-10-21-12/h2,6,8,12,14H,3-5,7,9-11H2,1H3. The van der Waals surface area contributed by atoms with Crippen LogP contribution >= 0.6 is 11.8 Å². The number of hydrogen-bond donors (Lipinski definition) is 0. The van der Waals surface area contributed by atoms with Gasteiger partial charge in [0.05, 0.1) is 6.04 Å². The summed E-state index contributed by atoms with van der Waals surface area (Å²) >= 11 is 2.11. The molecule has 112 valence electrons. The summed E-state index contributed by atoms with van der Waals surface area (Å²) in [6.07, 6.45) is 7.07. The van der Waals surface area contributed by atoms with Gasteiger partial charge in [0.1, 0.15) is 11.3 Å². The zero-order valence-corrected chi connectivity index (χ0v) is 13.4. The quantitative estimate of drug-likeness (QED) is 0.872. The fourth-order valence-electron chi connectivity index (χ4n) is 3.64. The summed E-state index contributed by atoms with van der Waals surface area (Å²) < 4.78 is 2.41. The van der Waals surface area contributed by atoms with Crippen LogP contribution in [-0.4, -0.2) is 44.0 Å². The Kier molecular flexibility index (Phi) is 3.63. The molecular weight excluding hydrogens is 280 g/mol. The molecule has 4 heterocycles. The van der Waals surface area contributed by atoms with Crippen molar-refractivity contribution in [3.8, 4) is 0 Å². The lowest BCUT2D eigenvalue weighted by Crippen LogP contribution is -2.23. The molecule has 5 heteroatoms. The Hall–Kier alpha value is -1.07. The van der Waals surface area contributed by atoms with Crippen LogP contribution in [0.1, 0.15) is 37.5 Å². The first kappa shape index (κ1) is 13.6. The Bertz CT molecular complexity index is 632. The van der Waals surface area contributed by atoms with Crippen LogP contribution in [0.25, 0.3) is 11.2 Å². The Balaban J connectivity index is 1.76. The fraction of sp³-hybridized carbons (Fsp3) is 0.625. The molecule has 2 atom stereocenters. The van der Waals surface area contributed by atoms with Crippen molar-refractivity contribution in [3.05, 3.63) is 24.2 Å². The molecule has 0 aromatic carbocycles. The third kappa shape index (κ3) is 2.46. The van der Waals surface area contributed by atoms with Gasteiger partial charge in [0.25, 0.3) is 0 Å². The zero-order valence-electron chi connectivity index (χ0n) is 12.5. The molecule has 2 fully saturated rings. The third-order valence-corrected chi connectivity index (χ3v) is 6.14. The smallest absolute Gasteiger partial charge is 0.160 e. The highest BCUT2D eigenvalue weighted by molar-refractivity contribution is 8.00. The first-order valence-corrected chi connectivity index (χ1v) is 9.01. The van der Waals surface area contributed by atoms with E-state index in [1.165, 1.54) is 43.8 Å². The predicted molar refractivity (Wildman–Crippen MR) is 87.6 cm³/mol. The van der Waals surface area contributed by atoms with Gasteiger partial charge in [0.2, 0.25) is 0 Å². The normalized spacial score (nSPS) is 26.9. The molecular formula is C16H22N4S. The fourth-order valence-corrected chi connectivity index (χ4v) is 4.89. The molecule has 4 rings (SSSR count). The maximum atomic E-state index is 4.94. The zero-order chi connectivity index (χ0) is 14.2. The highest BCUT2D eigenvalue weighted by atomic mass is 32.2. The van der Waals surface area contributed by atoms with Crippen molar-refractivity contribution in [2.24, 2.45) is 0 Å². The number of rotatable bonds is 3. The average Bonchev–Trinajstić information content (AvgIpc) is 3.20. The third-order valence-electron chi connectivity index (χ3n) is 4.76. The first-order chi connectivity index (χ1) is 10.3. The minimum atomic E-state index is 0.464. The van der Waals surface area contributed by atoms with Gasteiger partial charge in [0.15, 0.2) is 5.65 Å². The molecule has 2 aliphatic rings. The second kappa shape index (κ2) is 5.61. The molecule has 0 saturated carbocycles. The van der Waals surface area contributed by atoms with Gasteiger partial charge in [-0.3, -0.25) is 4.90 Å². The monoisotopic (exact) mass is 302 g/mol. The van der Waals surface area contributed by atoms with E-state index >= 15 is 0 Å². The number of fused-ring (bicyclic) bond motifs is 1. The van der Waals surface area contributed by atoms with Gasteiger partial charge in [-0.05, 0) is 57.2 Å². The van der Waals surface area contributed by atoms with Crippen LogP contribution in [-0.2, 0) is 6.54 Å². The Morgan fingerprint density at radius 3 is 3.05 bits per heavy atom. The lowest BCUT2D eigenvalue weighted by atomic mass is 10.2. The molecule has 2 aromatic rings. The van der Waals surface area contributed by atoms with E-state index in [2.05, 4.69) is 39.3 Å². The maximum Gasteiger partial charge on any atom is 0.160 e. The van der Waals surface area contributed by atoms with Crippen LogP contribution < -0.4 is 0 Å². The van der Waals surface area contributed by atoms with Gasteiger partial charge in [-0.15, -0.1) is 0 Å². The lowest BCUT2D eigenvalue weighted by Gasteiger charge is -2.21. The van der Waals surface area contributed by atoms with Crippen LogP contribution in [0.15, 0.2) is 18.3 Å². The van der Waals surface area contributed by atoms with Crippen molar-refractivity contribution in [2.45, 2.75) is 43.5 Å². The summed E-state index contributed by atoms with van der Waals surface area (Å²) in [7, 11) is 2.22. The second-order valence-corrected chi connectivity index (χ2v) is 7.61. The topological polar surface area (TPSA) is 34.0 Å². The van der Waals surface area contributed by atoms with Crippen LogP contribution in [0, 0.1) is 0 Å². The van der Waals surface area contributed by atoms with E-state index in [1.54, 1.807) is 0 Å². The molecule has 0 bridgehead atoms. The second-order valence-electron chi connectivity index (χ2n) is 6.20. The summed E-state index contributed by atoms with van der Waals surface area (Å²) in [6.45, 7) is 2.25. The van der Waals surface area contributed by atoms with Crippen molar-refractivity contribution in [1.82, 2.24) is 19.4 Å². The lowest BCUT2D eigenvalue weighted by molar-refractivity contribution is 0.298. The van der Waals surface area contributed by atoms with Crippen LogP contribution in [0.5, 0.6) is 0 Å². The Labute approximate surface area is 129 Å². The molecule has 0 amide bonds. The Morgan fingerprint density at radius 2 is 2.29 bits per heavy atom. The van der Waals surface area contributed by atoms with Crippen LogP contribution in [0.4, 0.5) is 0 Å². The van der Waals surface area contributed by atoms with Crippen LogP contribution in [0.2, 0.25) is 0 Å². The van der Waals surface area contributed by atoms with E-state index in [-0.39, 0.29) is 0 Å². The first-order valence-electron chi connectivity index (χ1n) is 7.96. The molecule has 2 saturated heterocycles. The van der Waals surface area contributed by atoms with E-state index in [4.69, 9.17) is 4.98 Å². The molecule has 0 radical (unpaired) electrons. The number of likely N-dealkylation sites (tertiary alicyclic amines) is 1. The number of hydrogen-bond acceptors (Lipinski definition) is 4. The van der Waals surface area contributed by atoms with Gasteiger partial charge in [-0.2, -0.15) is 11.8 Å². The maximum absolute atomic E-state index is 4.94. The van der Waals surface area contributed by atoms with Crippen molar-refractivity contribution in [2.75, 3.05) is 19.3 Å². The predicted octanol–water partition coefficient (Wildman–Crippen LogP) is 3.09. The number of aromatic nitrogens is 3. The summed E-state index contributed by atoms with van der Waals surface area (Å²) in [5.74, 6) is 2.54. The van der Waals surface area contributed by atoms with E-state index in [1.807, 2.05) is 12.3 Å². The van der Waals surface area contributed by atoms with Crippen molar-refractivity contribution in [1.29, 1.82) is 0 Å². The number of thioether (sulfide) groups is 1. The summed E-state index contributed by atoms with van der Waals surface area (Å²) in [5, 5.41) is 0.731. The van der Waals surface area contributed by atoms with Gasteiger partial charge >= 0.3 is 0 Å². The van der Waals surface area contributed by atoms with E-state index in [0.717, 1.165) is 23.0 Å². The molecule has 0 N–H and O–H groups in total. The number of nitrogens with zero attached hydrogens (tertiary/aromatic N) is 4. The molecule has 0 spiro atoms. The number of imidazole rings is 1. The minimum Gasteiger partial charge on any atom is -0.310 e. The highest BCUT2D eigenvalue weighted by Crippen LogP contribution is 2.34. The van der Waals surface area contributed by atoms with Gasteiger partial charge in [-0.25, -0.2) is 9.97 Å². The van der Waals surface area contributed by atoms with E-state index < -0.39 is 0 Å². The average molecular weight is 302 g/mol. The SMILES string of the molecule is CN1CCCC1c1nc2cccnc2n1CC1CCCS1. The highest BCUT2D eigenvalue weighted by Gasteiger charge is 2.29. The van der Waals surface area contributed by atoms with Crippen molar-refractivity contribution < 1.29 is 0 Å². The van der Waals surface area contributed by atoms with E-state index in [9.17, 15) is 0 Å². The van der Waals surface area contributed by atoms with E-state index in [0.29, 0.717) is 6.04 Å². The minimum absolute atomic E-state index is 0.464. The summed E-state index contributed by atoms with van der Waals surface area (Å²) in [5.41, 5.74) is 2.12. The molecule has 4 nitrogen and oxygen atoms in total. The van der Waals surface area contributed by atoms with Crippen molar-refractivity contribution in [3.63, 3.8) is 0 Å².